The minimum absolute atomic E-state index is 0.126. The lowest BCUT2D eigenvalue weighted by Gasteiger charge is -2.18. The zero-order valence-corrected chi connectivity index (χ0v) is 41.2. The van der Waals surface area contributed by atoms with Gasteiger partial charge in [0, 0.05) is 19.3 Å². The van der Waals surface area contributed by atoms with E-state index in [2.05, 4.69) is 118 Å². The summed E-state index contributed by atoms with van der Waals surface area (Å²) in [5.41, 5.74) is 0. The SMILES string of the molecule is CC\C=C/C=C\C=C/C=C\C=C/CCCCCC(=O)OC(COC(=O)CCC/C=C\C/C=C\C/C=C\C/C=C\C/C=C\CC)COC(=O)CCCCCCCC/C=C\C=C/CCCCC. The summed E-state index contributed by atoms with van der Waals surface area (Å²) in [4.78, 5) is 38.0. The Morgan fingerprint density at radius 1 is 0.338 bits per heavy atom. The minimum Gasteiger partial charge on any atom is -0.462 e. The van der Waals surface area contributed by atoms with Gasteiger partial charge in [-0.25, -0.2) is 0 Å². The maximum Gasteiger partial charge on any atom is 0.306 e. The molecule has 0 aliphatic carbocycles. The monoisotopic (exact) mass is 895 g/mol. The van der Waals surface area contributed by atoms with Crippen LogP contribution in [0, 0.1) is 0 Å². The third kappa shape index (κ3) is 50.2. The summed E-state index contributed by atoms with van der Waals surface area (Å²) in [6, 6.07) is 0. The molecule has 65 heavy (non-hydrogen) atoms. The van der Waals surface area contributed by atoms with Crippen LogP contribution in [0.15, 0.2) is 146 Å². The van der Waals surface area contributed by atoms with Crippen LogP contribution in [0.4, 0.5) is 0 Å². The smallest absolute Gasteiger partial charge is 0.306 e. The van der Waals surface area contributed by atoms with Gasteiger partial charge in [-0.05, 0) is 103 Å². The maximum atomic E-state index is 12.8. The van der Waals surface area contributed by atoms with Gasteiger partial charge in [0.25, 0.3) is 0 Å². The van der Waals surface area contributed by atoms with Crippen LogP contribution >= 0.6 is 0 Å². The molecule has 6 nitrogen and oxygen atoms in total. The van der Waals surface area contributed by atoms with Crippen LogP contribution in [-0.4, -0.2) is 37.2 Å². The molecular weight excluding hydrogens is 805 g/mol. The summed E-state index contributed by atoms with van der Waals surface area (Å²) < 4.78 is 16.7. The van der Waals surface area contributed by atoms with E-state index in [4.69, 9.17) is 14.2 Å². The highest BCUT2D eigenvalue weighted by molar-refractivity contribution is 5.71. The third-order valence-corrected chi connectivity index (χ3v) is 9.96. The molecule has 0 aromatic heterocycles. The predicted octanol–water partition coefficient (Wildman–Crippen LogP) is 16.9. The summed E-state index contributed by atoms with van der Waals surface area (Å²) in [6.45, 7) is 6.23. The van der Waals surface area contributed by atoms with Crippen LogP contribution < -0.4 is 0 Å². The van der Waals surface area contributed by atoms with Gasteiger partial charge in [-0.15, -0.1) is 0 Å². The van der Waals surface area contributed by atoms with Crippen LogP contribution in [0.3, 0.4) is 0 Å². The van der Waals surface area contributed by atoms with Crippen LogP contribution in [0.25, 0.3) is 0 Å². The van der Waals surface area contributed by atoms with Crippen molar-refractivity contribution in [1.82, 2.24) is 0 Å². The average molecular weight is 895 g/mol. The third-order valence-electron chi connectivity index (χ3n) is 9.96. The Morgan fingerprint density at radius 2 is 0.692 bits per heavy atom. The van der Waals surface area contributed by atoms with E-state index in [1.165, 1.54) is 32.1 Å². The van der Waals surface area contributed by atoms with Crippen molar-refractivity contribution in [2.75, 3.05) is 13.2 Å². The summed E-state index contributed by atoms with van der Waals surface area (Å²) in [5, 5.41) is 0. The Hall–Kier alpha value is -4.71. The fraction of sp³-hybridized carbons (Fsp3) is 0.542. The van der Waals surface area contributed by atoms with Gasteiger partial charge in [-0.3, -0.25) is 14.4 Å². The summed E-state index contributed by atoms with van der Waals surface area (Å²) in [5.74, 6) is -1.05. The highest BCUT2D eigenvalue weighted by Crippen LogP contribution is 2.12. The largest absolute Gasteiger partial charge is 0.462 e. The molecule has 362 valence electrons. The van der Waals surface area contributed by atoms with Crippen molar-refractivity contribution < 1.29 is 28.6 Å². The van der Waals surface area contributed by atoms with Crippen molar-refractivity contribution >= 4 is 17.9 Å². The summed E-state index contributed by atoms with van der Waals surface area (Å²) in [6.07, 6.45) is 74.0. The second kappa shape index (κ2) is 51.9. The molecule has 1 atom stereocenters. The Kier molecular flexibility index (Phi) is 48.2. The van der Waals surface area contributed by atoms with Crippen molar-refractivity contribution in [2.45, 2.75) is 194 Å². The zero-order valence-electron chi connectivity index (χ0n) is 41.2. The van der Waals surface area contributed by atoms with Crippen LogP contribution in [0.5, 0.6) is 0 Å². The molecule has 0 saturated heterocycles. The Balaban J connectivity index is 4.61. The number of carbonyl (C=O) groups is 3. The van der Waals surface area contributed by atoms with Gasteiger partial charge < -0.3 is 14.2 Å². The van der Waals surface area contributed by atoms with Crippen molar-refractivity contribution in [2.24, 2.45) is 0 Å². The number of allylic oxidation sites excluding steroid dienone is 24. The number of ether oxygens (including phenoxy) is 3. The average Bonchev–Trinajstić information content (AvgIpc) is 3.30. The Labute approximate surface area is 397 Å². The molecule has 0 spiro atoms. The second-order valence-electron chi connectivity index (χ2n) is 16.1. The van der Waals surface area contributed by atoms with Crippen molar-refractivity contribution in [1.29, 1.82) is 0 Å². The van der Waals surface area contributed by atoms with Gasteiger partial charge in [0.2, 0.25) is 0 Å². The molecular formula is C59H90O6. The zero-order chi connectivity index (χ0) is 47.2. The molecule has 0 N–H and O–H groups in total. The molecule has 0 amide bonds. The highest BCUT2D eigenvalue weighted by Gasteiger charge is 2.19. The van der Waals surface area contributed by atoms with Crippen molar-refractivity contribution in [3.63, 3.8) is 0 Å². The predicted molar refractivity (Wildman–Crippen MR) is 279 cm³/mol. The first-order chi connectivity index (χ1) is 32.0. The van der Waals surface area contributed by atoms with Gasteiger partial charge >= 0.3 is 17.9 Å². The quantitative estimate of drug-likeness (QED) is 0.0199. The molecule has 0 aliphatic heterocycles. The van der Waals surface area contributed by atoms with E-state index in [9.17, 15) is 14.4 Å². The van der Waals surface area contributed by atoms with Gasteiger partial charge in [0.1, 0.15) is 13.2 Å². The highest BCUT2D eigenvalue weighted by atomic mass is 16.6. The topological polar surface area (TPSA) is 78.9 Å². The molecule has 0 aromatic carbocycles. The second-order valence-corrected chi connectivity index (χ2v) is 16.1. The van der Waals surface area contributed by atoms with Crippen LogP contribution in [0.1, 0.15) is 188 Å². The summed E-state index contributed by atoms with van der Waals surface area (Å²) >= 11 is 0. The molecule has 0 fully saturated rings. The van der Waals surface area contributed by atoms with Crippen LogP contribution in [0.2, 0.25) is 0 Å². The first-order valence-corrected chi connectivity index (χ1v) is 25.4. The molecule has 0 rings (SSSR count). The number of esters is 3. The number of hydrogen-bond acceptors (Lipinski definition) is 6. The molecule has 0 saturated carbocycles. The van der Waals surface area contributed by atoms with E-state index in [0.29, 0.717) is 19.3 Å². The Bertz CT molecular complexity index is 1490. The lowest BCUT2D eigenvalue weighted by Crippen LogP contribution is -2.30. The first kappa shape index (κ1) is 60.3. The standard InChI is InChI=1S/C59H90O6/c1-4-7-10-13-16-19-22-25-28-29-32-34-37-40-43-46-49-52-58(61)64-55-56(65-59(62)53-50-47-44-41-38-35-31-27-24-21-18-15-12-9-6-3)54-63-57(60)51-48-45-42-39-36-33-30-26-23-20-17-14-11-8-5-2/h7,9-10,12,15-21,23-28,31-32,34-35,38,40,43,56H,4-6,8,11,13-14,22,29-30,33,36-37,39,41-42,44-55H2,1-3H3/b10-7-,12-9-,18-15-,19-16-,20-17-,24-21-,26-23-,28-25-,31-27-,34-32-,38-35-,43-40-. The molecule has 0 radical (unpaired) electrons. The lowest BCUT2D eigenvalue weighted by atomic mass is 10.1. The maximum absolute atomic E-state index is 12.8. The van der Waals surface area contributed by atoms with E-state index in [0.717, 1.165) is 103 Å². The van der Waals surface area contributed by atoms with Gasteiger partial charge in [-0.2, -0.15) is 0 Å². The molecule has 0 bridgehead atoms. The van der Waals surface area contributed by atoms with E-state index < -0.39 is 6.10 Å². The van der Waals surface area contributed by atoms with Crippen molar-refractivity contribution in [3.05, 3.63) is 146 Å². The van der Waals surface area contributed by atoms with Gasteiger partial charge in [-0.1, -0.05) is 212 Å². The minimum atomic E-state index is -0.834. The number of carbonyl (C=O) groups excluding carboxylic acids is 3. The molecule has 1 unspecified atom stereocenters. The van der Waals surface area contributed by atoms with E-state index in [-0.39, 0.29) is 44.0 Å². The van der Waals surface area contributed by atoms with Crippen molar-refractivity contribution in [3.8, 4) is 0 Å². The molecule has 0 aliphatic rings. The summed E-state index contributed by atoms with van der Waals surface area (Å²) in [7, 11) is 0. The molecule has 0 aromatic rings. The molecule has 6 heteroatoms. The van der Waals surface area contributed by atoms with Gasteiger partial charge in [0.15, 0.2) is 6.10 Å². The first-order valence-electron chi connectivity index (χ1n) is 25.4. The van der Waals surface area contributed by atoms with E-state index >= 15 is 0 Å². The molecule has 0 heterocycles. The fourth-order valence-corrected chi connectivity index (χ4v) is 6.19. The Morgan fingerprint density at radius 3 is 1.20 bits per heavy atom. The van der Waals surface area contributed by atoms with E-state index in [1.807, 2.05) is 48.6 Å². The number of hydrogen-bond donors (Lipinski definition) is 0. The lowest BCUT2D eigenvalue weighted by molar-refractivity contribution is -0.167. The number of unbranched alkanes of at least 4 members (excludes halogenated alkanes) is 13. The normalized spacial score (nSPS) is 13.3. The van der Waals surface area contributed by atoms with Crippen LogP contribution in [-0.2, 0) is 28.6 Å². The van der Waals surface area contributed by atoms with Gasteiger partial charge in [0.05, 0.1) is 0 Å². The number of rotatable bonds is 43. The van der Waals surface area contributed by atoms with E-state index in [1.54, 1.807) is 0 Å². The fourth-order valence-electron chi connectivity index (χ4n) is 6.19.